The lowest BCUT2D eigenvalue weighted by molar-refractivity contribution is 0.564. The normalized spacial score (nSPS) is 10.4. The summed E-state index contributed by atoms with van der Waals surface area (Å²) in [6.07, 6.45) is 2.24. The molecule has 0 bridgehead atoms. The van der Waals surface area contributed by atoms with Gasteiger partial charge in [-0.15, -0.1) is 0 Å². The molecule has 0 saturated heterocycles. The highest BCUT2D eigenvalue weighted by Crippen LogP contribution is 1.98. The molecule has 0 aliphatic heterocycles. The molecule has 2 nitrogen and oxygen atoms in total. The van der Waals surface area contributed by atoms with Gasteiger partial charge in [-0.3, -0.25) is 0 Å². The van der Waals surface area contributed by atoms with Gasteiger partial charge in [-0.25, -0.2) is 9.79 Å². The molecule has 0 amide bonds. The van der Waals surface area contributed by atoms with Gasteiger partial charge in [0.2, 0.25) is 6.08 Å². The first-order valence-corrected chi connectivity index (χ1v) is 6.30. The first-order chi connectivity index (χ1) is 3.56. The fourth-order valence-corrected chi connectivity index (χ4v) is 0.808. The van der Waals surface area contributed by atoms with Crippen molar-refractivity contribution in [3.63, 3.8) is 0 Å². The van der Waals surface area contributed by atoms with Crippen LogP contribution < -0.4 is 0 Å². The van der Waals surface area contributed by atoms with Crippen LogP contribution in [0, 0.1) is 0 Å². The van der Waals surface area contributed by atoms with Gasteiger partial charge in [0.1, 0.15) is 0 Å². The molecule has 0 aliphatic carbocycles. The minimum absolute atomic E-state index is 0.705. The predicted octanol–water partition coefficient (Wildman–Crippen LogP) is 1.20. The van der Waals surface area contributed by atoms with E-state index in [1.54, 1.807) is 0 Å². The molecule has 0 radical (unpaired) electrons. The average Bonchev–Trinajstić information content (AvgIpc) is 1.59. The highest BCUT2D eigenvalue weighted by Gasteiger charge is 2.10. The van der Waals surface area contributed by atoms with E-state index in [2.05, 4.69) is 24.6 Å². The lowest BCUT2D eigenvalue weighted by atomic mass is 11.4. The zero-order valence-electron chi connectivity index (χ0n) is 5.56. The molecule has 3 heteroatoms. The molecular formula is C5H11NOSi. The van der Waals surface area contributed by atoms with E-state index in [0.29, 0.717) is 6.17 Å². The Kier molecular flexibility index (Phi) is 2.66. The number of nitrogens with zero attached hydrogens (tertiary/aromatic N) is 1. The smallest absolute Gasteiger partial charge is 0.211 e. The number of aliphatic imine (C=N–C) groups is 1. The van der Waals surface area contributed by atoms with Crippen molar-refractivity contribution < 1.29 is 4.79 Å². The summed E-state index contributed by atoms with van der Waals surface area (Å²) in [7, 11) is -1.11. The van der Waals surface area contributed by atoms with Gasteiger partial charge in [-0.1, -0.05) is 19.6 Å². The van der Waals surface area contributed by atoms with Gasteiger partial charge in [0.05, 0.1) is 8.07 Å². The molecule has 0 rings (SSSR count). The Morgan fingerprint density at radius 1 is 1.50 bits per heavy atom. The van der Waals surface area contributed by atoms with E-state index in [9.17, 15) is 4.79 Å². The molecule has 0 N–H and O–H groups in total. The first kappa shape index (κ1) is 7.60. The fraction of sp³-hybridized carbons (Fsp3) is 0.800. The van der Waals surface area contributed by atoms with Gasteiger partial charge in [0, 0.05) is 6.17 Å². The van der Waals surface area contributed by atoms with Crippen molar-refractivity contribution >= 4 is 14.2 Å². The quantitative estimate of drug-likeness (QED) is 0.313. The summed E-state index contributed by atoms with van der Waals surface area (Å²) < 4.78 is 0. The van der Waals surface area contributed by atoms with Crippen molar-refractivity contribution in [2.75, 3.05) is 6.17 Å². The molecule has 0 unspecified atom stereocenters. The number of hydrogen-bond acceptors (Lipinski definition) is 2. The van der Waals surface area contributed by atoms with Crippen LogP contribution in [-0.2, 0) is 4.79 Å². The minimum Gasteiger partial charge on any atom is -0.211 e. The SMILES string of the molecule is C[Si](C)(C)CN=C=O. The summed E-state index contributed by atoms with van der Waals surface area (Å²) >= 11 is 0. The molecule has 0 aliphatic rings. The van der Waals surface area contributed by atoms with Crippen LogP contribution in [-0.4, -0.2) is 20.3 Å². The number of carbonyl (C=O) groups excluding carboxylic acids is 1. The zero-order valence-corrected chi connectivity index (χ0v) is 6.56. The fourth-order valence-electron chi connectivity index (χ4n) is 0.269. The second-order valence-electron chi connectivity index (χ2n) is 2.97. The van der Waals surface area contributed by atoms with Crippen molar-refractivity contribution in [1.29, 1.82) is 0 Å². The van der Waals surface area contributed by atoms with Crippen LogP contribution in [0.5, 0.6) is 0 Å². The van der Waals surface area contributed by atoms with E-state index in [0.717, 1.165) is 0 Å². The first-order valence-electron chi connectivity index (χ1n) is 2.60. The van der Waals surface area contributed by atoms with Crippen molar-refractivity contribution in [2.24, 2.45) is 4.99 Å². The van der Waals surface area contributed by atoms with E-state index in [-0.39, 0.29) is 0 Å². The maximum absolute atomic E-state index is 9.58. The summed E-state index contributed by atoms with van der Waals surface area (Å²) in [5.41, 5.74) is 0. The highest BCUT2D eigenvalue weighted by molar-refractivity contribution is 6.76. The van der Waals surface area contributed by atoms with E-state index in [1.165, 1.54) is 6.08 Å². The van der Waals surface area contributed by atoms with Gasteiger partial charge < -0.3 is 0 Å². The van der Waals surface area contributed by atoms with Crippen LogP contribution in [0.3, 0.4) is 0 Å². The lowest BCUT2D eigenvalue weighted by Gasteiger charge is -2.08. The molecule has 0 aromatic rings. The predicted molar refractivity (Wildman–Crippen MR) is 36.3 cm³/mol. The number of hydrogen-bond donors (Lipinski definition) is 0. The Labute approximate surface area is 50.6 Å². The lowest BCUT2D eigenvalue weighted by Crippen LogP contribution is -2.24. The Morgan fingerprint density at radius 2 is 2.00 bits per heavy atom. The van der Waals surface area contributed by atoms with Gasteiger partial charge in [0.25, 0.3) is 0 Å². The molecule has 0 spiro atoms. The molecule has 0 heterocycles. The standard InChI is InChI=1S/C5H11NOSi/c1-8(2,3)5-6-4-7/h5H2,1-3H3. The maximum atomic E-state index is 9.58. The minimum atomic E-state index is -1.11. The summed E-state index contributed by atoms with van der Waals surface area (Å²) in [4.78, 5) is 13.1. The largest absolute Gasteiger partial charge is 0.234 e. The summed E-state index contributed by atoms with van der Waals surface area (Å²) in [6.45, 7) is 6.48. The van der Waals surface area contributed by atoms with Gasteiger partial charge in [-0.2, -0.15) is 0 Å². The Morgan fingerprint density at radius 3 is 2.12 bits per heavy atom. The third-order valence-corrected chi connectivity index (χ3v) is 1.72. The number of isocyanates is 1. The third-order valence-electron chi connectivity index (χ3n) is 0.618. The van der Waals surface area contributed by atoms with E-state index >= 15 is 0 Å². The van der Waals surface area contributed by atoms with Gasteiger partial charge >= 0.3 is 0 Å². The van der Waals surface area contributed by atoms with Crippen molar-refractivity contribution in [2.45, 2.75) is 19.6 Å². The molecule has 0 aromatic heterocycles. The Hall–Kier alpha value is -0.403. The van der Waals surface area contributed by atoms with Crippen molar-refractivity contribution in [1.82, 2.24) is 0 Å². The van der Waals surface area contributed by atoms with E-state index < -0.39 is 8.07 Å². The van der Waals surface area contributed by atoms with Crippen LogP contribution in [0.1, 0.15) is 0 Å². The zero-order chi connectivity index (χ0) is 6.62. The van der Waals surface area contributed by atoms with Crippen LogP contribution in [0.25, 0.3) is 0 Å². The molecule has 46 valence electrons. The summed E-state index contributed by atoms with van der Waals surface area (Å²) in [6, 6.07) is 0. The monoisotopic (exact) mass is 129 g/mol. The molecular weight excluding hydrogens is 118 g/mol. The van der Waals surface area contributed by atoms with Crippen LogP contribution in [0.15, 0.2) is 4.99 Å². The Bertz CT molecular complexity index is 110. The highest BCUT2D eigenvalue weighted by atomic mass is 28.3. The van der Waals surface area contributed by atoms with Crippen LogP contribution in [0.4, 0.5) is 0 Å². The van der Waals surface area contributed by atoms with Crippen LogP contribution >= 0.6 is 0 Å². The molecule has 0 aromatic carbocycles. The van der Waals surface area contributed by atoms with Gasteiger partial charge in [-0.05, 0) is 0 Å². The Balaban J connectivity index is 3.55. The topological polar surface area (TPSA) is 29.4 Å². The summed E-state index contributed by atoms with van der Waals surface area (Å²) in [5.74, 6) is 0. The van der Waals surface area contributed by atoms with Crippen molar-refractivity contribution in [3.05, 3.63) is 0 Å². The maximum Gasteiger partial charge on any atom is 0.234 e. The van der Waals surface area contributed by atoms with E-state index in [4.69, 9.17) is 0 Å². The molecule has 0 fully saturated rings. The summed E-state index contributed by atoms with van der Waals surface area (Å²) in [5, 5.41) is 0. The third kappa shape index (κ3) is 5.60. The number of rotatable bonds is 2. The van der Waals surface area contributed by atoms with Crippen molar-refractivity contribution in [3.8, 4) is 0 Å². The van der Waals surface area contributed by atoms with Crippen LogP contribution in [0.2, 0.25) is 19.6 Å². The second kappa shape index (κ2) is 2.80. The second-order valence-corrected chi connectivity index (χ2v) is 8.41. The molecule has 8 heavy (non-hydrogen) atoms. The van der Waals surface area contributed by atoms with Gasteiger partial charge in [0.15, 0.2) is 0 Å². The average molecular weight is 129 g/mol. The molecule has 0 saturated carbocycles. The van der Waals surface area contributed by atoms with E-state index in [1.807, 2.05) is 0 Å². The molecule has 0 atom stereocenters.